The second kappa shape index (κ2) is 5.54. The minimum absolute atomic E-state index is 0.391. The van der Waals surface area contributed by atoms with E-state index in [1.807, 2.05) is 19.1 Å². The summed E-state index contributed by atoms with van der Waals surface area (Å²) in [5, 5.41) is 9.83. The monoisotopic (exact) mass is 233 g/mol. The molecule has 1 atom stereocenters. The minimum atomic E-state index is -0.391. The first-order valence-corrected chi connectivity index (χ1v) is 6.70. The summed E-state index contributed by atoms with van der Waals surface area (Å²) < 4.78 is 0. The molecule has 17 heavy (non-hydrogen) atoms. The van der Waals surface area contributed by atoms with Crippen molar-refractivity contribution in [1.29, 1.82) is 0 Å². The summed E-state index contributed by atoms with van der Waals surface area (Å²) in [5.74, 6) is 0. The summed E-state index contributed by atoms with van der Waals surface area (Å²) in [7, 11) is 2.16. The van der Waals surface area contributed by atoms with Crippen LogP contribution in [-0.2, 0) is 0 Å². The standard InChI is InChI=1S/C15H23NO/c1-12(17)14-10-6-7-11-15(14)16(2)13-8-4-3-5-9-13/h6-7,10-13,17H,3-5,8-9H2,1-2H3. The number of anilines is 1. The molecule has 0 spiro atoms. The molecule has 1 aromatic carbocycles. The fraction of sp³-hybridized carbons (Fsp3) is 0.600. The summed E-state index contributed by atoms with van der Waals surface area (Å²) in [4.78, 5) is 2.36. The van der Waals surface area contributed by atoms with Crippen molar-refractivity contribution in [3.05, 3.63) is 29.8 Å². The average Bonchev–Trinajstić information content (AvgIpc) is 2.39. The molecule has 1 unspecified atom stereocenters. The van der Waals surface area contributed by atoms with Crippen LogP contribution in [0.2, 0.25) is 0 Å². The van der Waals surface area contributed by atoms with Crippen molar-refractivity contribution in [3.63, 3.8) is 0 Å². The van der Waals surface area contributed by atoms with E-state index in [1.54, 1.807) is 0 Å². The number of rotatable bonds is 3. The largest absolute Gasteiger partial charge is 0.389 e. The lowest BCUT2D eigenvalue weighted by atomic mass is 9.93. The zero-order valence-electron chi connectivity index (χ0n) is 10.9. The van der Waals surface area contributed by atoms with Crippen LogP contribution in [0.15, 0.2) is 24.3 Å². The van der Waals surface area contributed by atoms with E-state index < -0.39 is 6.10 Å². The Kier molecular flexibility index (Phi) is 4.06. The van der Waals surface area contributed by atoms with Gasteiger partial charge in [-0.15, -0.1) is 0 Å². The van der Waals surface area contributed by atoms with E-state index in [2.05, 4.69) is 24.1 Å². The van der Waals surface area contributed by atoms with Crippen molar-refractivity contribution < 1.29 is 5.11 Å². The lowest BCUT2D eigenvalue weighted by Gasteiger charge is -2.34. The summed E-state index contributed by atoms with van der Waals surface area (Å²) in [5.41, 5.74) is 2.23. The molecule has 0 aliphatic heterocycles. The second-order valence-corrected chi connectivity index (χ2v) is 5.14. The van der Waals surface area contributed by atoms with Gasteiger partial charge in [-0.05, 0) is 25.8 Å². The number of aliphatic hydroxyl groups excluding tert-OH is 1. The van der Waals surface area contributed by atoms with Gasteiger partial charge in [0.2, 0.25) is 0 Å². The lowest BCUT2D eigenvalue weighted by molar-refractivity contribution is 0.199. The molecule has 94 valence electrons. The smallest absolute Gasteiger partial charge is 0.0781 e. The predicted octanol–water partition coefficient (Wildman–Crippen LogP) is 3.51. The first-order valence-electron chi connectivity index (χ1n) is 6.70. The minimum Gasteiger partial charge on any atom is -0.389 e. The van der Waals surface area contributed by atoms with Crippen molar-refractivity contribution in [2.24, 2.45) is 0 Å². The molecule has 0 radical (unpaired) electrons. The van der Waals surface area contributed by atoms with Crippen LogP contribution in [-0.4, -0.2) is 18.2 Å². The van der Waals surface area contributed by atoms with Gasteiger partial charge in [-0.3, -0.25) is 0 Å². The van der Waals surface area contributed by atoms with Crippen molar-refractivity contribution in [3.8, 4) is 0 Å². The van der Waals surface area contributed by atoms with Crippen molar-refractivity contribution in [2.75, 3.05) is 11.9 Å². The molecule has 0 bridgehead atoms. The van der Waals surface area contributed by atoms with Gasteiger partial charge in [-0.25, -0.2) is 0 Å². The molecule has 1 aliphatic carbocycles. The van der Waals surface area contributed by atoms with Crippen LogP contribution in [0.1, 0.15) is 50.7 Å². The van der Waals surface area contributed by atoms with Crippen LogP contribution in [0.3, 0.4) is 0 Å². The van der Waals surface area contributed by atoms with Gasteiger partial charge in [-0.1, -0.05) is 37.5 Å². The molecule has 2 heteroatoms. The van der Waals surface area contributed by atoms with Gasteiger partial charge in [-0.2, -0.15) is 0 Å². The highest BCUT2D eigenvalue weighted by Crippen LogP contribution is 2.30. The van der Waals surface area contributed by atoms with E-state index in [-0.39, 0.29) is 0 Å². The highest BCUT2D eigenvalue weighted by Gasteiger charge is 2.20. The Hall–Kier alpha value is -1.02. The third kappa shape index (κ3) is 2.81. The van der Waals surface area contributed by atoms with E-state index in [0.717, 1.165) is 5.56 Å². The molecule has 1 aromatic rings. The number of benzene rings is 1. The summed E-state index contributed by atoms with van der Waals surface area (Å²) in [6.07, 6.45) is 6.23. The third-order valence-corrected chi connectivity index (χ3v) is 3.89. The molecular formula is C15H23NO. The second-order valence-electron chi connectivity index (χ2n) is 5.14. The fourth-order valence-electron chi connectivity index (χ4n) is 2.83. The zero-order chi connectivity index (χ0) is 12.3. The zero-order valence-corrected chi connectivity index (χ0v) is 10.9. The number of para-hydroxylation sites is 1. The molecule has 0 heterocycles. The Morgan fingerprint density at radius 2 is 1.82 bits per heavy atom. The quantitative estimate of drug-likeness (QED) is 0.863. The van der Waals surface area contributed by atoms with Gasteiger partial charge < -0.3 is 10.0 Å². The van der Waals surface area contributed by atoms with E-state index in [9.17, 15) is 5.11 Å². The average molecular weight is 233 g/mol. The molecule has 1 saturated carbocycles. The number of nitrogens with zero attached hydrogens (tertiary/aromatic N) is 1. The number of hydrogen-bond acceptors (Lipinski definition) is 2. The maximum atomic E-state index is 9.83. The molecule has 1 N–H and O–H groups in total. The number of hydrogen-bond donors (Lipinski definition) is 1. The van der Waals surface area contributed by atoms with Gasteiger partial charge in [0.15, 0.2) is 0 Å². The highest BCUT2D eigenvalue weighted by molar-refractivity contribution is 5.54. The number of aliphatic hydroxyl groups is 1. The normalized spacial score (nSPS) is 19.0. The van der Waals surface area contributed by atoms with Crippen molar-refractivity contribution in [1.82, 2.24) is 0 Å². The van der Waals surface area contributed by atoms with Crippen LogP contribution >= 0.6 is 0 Å². The molecule has 1 aliphatic rings. The van der Waals surface area contributed by atoms with Crippen LogP contribution in [0.25, 0.3) is 0 Å². The molecule has 2 rings (SSSR count). The fourth-order valence-corrected chi connectivity index (χ4v) is 2.83. The molecule has 0 aromatic heterocycles. The first-order chi connectivity index (χ1) is 8.20. The van der Waals surface area contributed by atoms with Gasteiger partial charge in [0.25, 0.3) is 0 Å². The van der Waals surface area contributed by atoms with Gasteiger partial charge in [0, 0.05) is 24.3 Å². The van der Waals surface area contributed by atoms with Crippen LogP contribution in [0.5, 0.6) is 0 Å². The highest BCUT2D eigenvalue weighted by atomic mass is 16.3. The van der Waals surface area contributed by atoms with Crippen LogP contribution < -0.4 is 4.90 Å². The molecule has 0 saturated heterocycles. The van der Waals surface area contributed by atoms with E-state index in [0.29, 0.717) is 6.04 Å². The Bertz CT molecular complexity index is 356. The lowest BCUT2D eigenvalue weighted by Crippen LogP contribution is -2.34. The molecule has 2 nitrogen and oxygen atoms in total. The summed E-state index contributed by atoms with van der Waals surface area (Å²) >= 11 is 0. The Balaban J connectivity index is 2.20. The van der Waals surface area contributed by atoms with E-state index in [1.165, 1.54) is 37.8 Å². The Labute approximate surface area is 104 Å². The molecular weight excluding hydrogens is 210 g/mol. The SMILES string of the molecule is CC(O)c1ccccc1N(C)C1CCCCC1. The summed E-state index contributed by atoms with van der Waals surface area (Å²) in [6, 6.07) is 8.85. The topological polar surface area (TPSA) is 23.5 Å². The maximum Gasteiger partial charge on any atom is 0.0781 e. The van der Waals surface area contributed by atoms with Crippen molar-refractivity contribution in [2.45, 2.75) is 51.2 Å². The van der Waals surface area contributed by atoms with Crippen LogP contribution in [0, 0.1) is 0 Å². The van der Waals surface area contributed by atoms with E-state index in [4.69, 9.17) is 0 Å². The van der Waals surface area contributed by atoms with Crippen LogP contribution in [0.4, 0.5) is 5.69 Å². The van der Waals surface area contributed by atoms with E-state index >= 15 is 0 Å². The molecule has 0 amide bonds. The van der Waals surface area contributed by atoms with Crippen molar-refractivity contribution >= 4 is 5.69 Å². The molecule has 1 fully saturated rings. The third-order valence-electron chi connectivity index (χ3n) is 3.89. The Morgan fingerprint density at radius 3 is 2.47 bits per heavy atom. The van der Waals surface area contributed by atoms with Gasteiger partial charge in [0.05, 0.1) is 6.10 Å². The van der Waals surface area contributed by atoms with Gasteiger partial charge in [0.1, 0.15) is 0 Å². The summed E-state index contributed by atoms with van der Waals surface area (Å²) in [6.45, 7) is 1.84. The Morgan fingerprint density at radius 1 is 1.18 bits per heavy atom. The maximum absolute atomic E-state index is 9.83. The van der Waals surface area contributed by atoms with Gasteiger partial charge >= 0.3 is 0 Å². The first kappa shape index (κ1) is 12.4. The predicted molar refractivity (Wildman–Crippen MR) is 72.4 cm³/mol.